The second-order valence-corrected chi connectivity index (χ2v) is 6.34. The molecular formula is C15H22BrNO4. The molecule has 0 aliphatic rings. The van der Waals surface area contributed by atoms with Gasteiger partial charge >= 0.3 is 6.09 Å². The molecule has 6 heteroatoms. The quantitative estimate of drug-likeness (QED) is 0.785. The Kier molecular flexibility index (Phi) is 6.81. The van der Waals surface area contributed by atoms with Crippen LogP contribution in [0.3, 0.4) is 0 Å². The van der Waals surface area contributed by atoms with Gasteiger partial charge in [-0.25, -0.2) is 4.79 Å². The monoisotopic (exact) mass is 359 g/mol. The van der Waals surface area contributed by atoms with E-state index in [1.807, 2.05) is 39.0 Å². The molecule has 0 aliphatic heterocycles. The average molecular weight is 360 g/mol. The SMILES string of the molecule is COc1ccc(Br)cc1OCCCNC(=O)OC(C)(C)C. The summed E-state index contributed by atoms with van der Waals surface area (Å²) in [5, 5.41) is 2.68. The Morgan fingerprint density at radius 2 is 2.00 bits per heavy atom. The summed E-state index contributed by atoms with van der Waals surface area (Å²) in [6, 6.07) is 5.56. The van der Waals surface area contributed by atoms with Gasteiger partial charge in [-0.15, -0.1) is 0 Å². The van der Waals surface area contributed by atoms with Crippen LogP contribution in [0.2, 0.25) is 0 Å². The number of carbonyl (C=O) groups is 1. The minimum Gasteiger partial charge on any atom is -0.493 e. The number of alkyl carbamates (subject to hydrolysis) is 1. The van der Waals surface area contributed by atoms with E-state index in [4.69, 9.17) is 14.2 Å². The van der Waals surface area contributed by atoms with Gasteiger partial charge in [0, 0.05) is 11.0 Å². The Labute approximate surface area is 134 Å². The van der Waals surface area contributed by atoms with Crippen molar-refractivity contribution in [3.8, 4) is 11.5 Å². The molecule has 5 nitrogen and oxygen atoms in total. The van der Waals surface area contributed by atoms with Crippen molar-refractivity contribution in [3.05, 3.63) is 22.7 Å². The van der Waals surface area contributed by atoms with Crippen LogP contribution in [0.4, 0.5) is 4.79 Å². The number of hydrogen-bond donors (Lipinski definition) is 1. The summed E-state index contributed by atoms with van der Waals surface area (Å²) in [7, 11) is 1.60. The molecule has 0 aliphatic carbocycles. The molecule has 0 spiro atoms. The maximum atomic E-state index is 11.4. The average Bonchev–Trinajstić information content (AvgIpc) is 2.36. The molecule has 1 rings (SSSR count). The normalized spacial score (nSPS) is 10.9. The van der Waals surface area contributed by atoms with E-state index in [0.29, 0.717) is 31.1 Å². The Bertz CT molecular complexity index is 471. The number of ether oxygens (including phenoxy) is 3. The van der Waals surface area contributed by atoms with Crippen molar-refractivity contribution in [3.63, 3.8) is 0 Å². The summed E-state index contributed by atoms with van der Waals surface area (Å²) in [5.74, 6) is 1.35. The number of methoxy groups -OCH3 is 1. The van der Waals surface area contributed by atoms with Gasteiger partial charge in [0.05, 0.1) is 13.7 Å². The van der Waals surface area contributed by atoms with Crippen molar-refractivity contribution in [1.82, 2.24) is 5.32 Å². The molecule has 1 N–H and O–H groups in total. The highest BCUT2D eigenvalue weighted by Crippen LogP contribution is 2.30. The van der Waals surface area contributed by atoms with Gasteiger partial charge in [-0.1, -0.05) is 15.9 Å². The summed E-state index contributed by atoms with van der Waals surface area (Å²) >= 11 is 3.39. The Balaban J connectivity index is 2.29. The van der Waals surface area contributed by atoms with Gasteiger partial charge in [0.25, 0.3) is 0 Å². The van der Waals surface area contributed by atoms with E-state index in [0.717, 1.165) is 4.47 Å². The first-order chi connectivity index (χ1) is 9.81. The fourth-order valence-corrected chi connectivity index (χ4v) is 1.86. The molecule has 0 saturated carbocycles. The van der Waals surface area contributed by atoms with E-state index in [1.165, 1.54) is 0 Å². The van der Waals surface area contributed by atoms with Crippen LogP contribution in [0, 0.1) is 0 Å². The molecular weight excluding hydrogens is 338 g/mol. The minimum absolute atomic E-state index is 0.414. The van der Waals surface area contributed by atoms with Gasteiger partial charge in [-0.2, -0.15) is 0 Å². The fourth-order valence-electron chi connectivity index (χ4n) is 1.52. The molecule has 0 radical (unpaired) electrons. The fraction of sp³-hybridized carbons (Fsp3) is 0.533. The highest BCUT2D eigenvalue weighted by Gasteiger charge is 2.15. The van der Waals surface area contributed by atoms with Crippen molar-refractivity contribution >= 4 is 22.0 Å². The first-order valence-electron chi connectivity index (χ1n) is 6.75. The molecule has 0 atom stereocenters. The standard InChI is InChI=1S/C15H22BrNO4/c1-15(2,3)21-14(18)17-8-5-9-20-13-10-11(16)6-7-12(13)19-4/h6-7,10H,5,8-9H2,1-4H3,(H,17,18). The lowest BCUT2D eigenvalue weighted by Gasteiger charge is -2.19. The van der Waals surface area contributed by atoms with Crippen LogP contribution < -0.4 is 14.8 Å². The molecule has 21 heavy (non-hydrogen) atoms. The third kappa shape index (κ3) is 7.22. The molecule has 0 bridgehead atoms. The zero-order valence-corrected chi connectivity index (χ0v) is 14.5. The van der Waals surface area contributed by atoms with Gasteiger partial charge in [-0.3, -0.25) is 0 Å². The molecule has 1 aromatic carbocycles. The molecule has 0 heterocycles. The zero-order chi connectivity index (χ0) is 15.9. The van der Waals surface area contributed by atoms with Crippen molar-refractivity contribution in [2.45, 2.75) is 32.8 Å². The lowest BCUT2D eigenvalue weighted by atomic mass is 10.2. The number of amides is 1. The van der Waals surface area contributed by atoms with Crippen LogP contribution in [-0.2, 0) is 4.74 Å². The Morgan fingerprint density at radius 1 is 1.29 bits per heavy atom. The van der Waals surface area contributed by atoms with Gasteiger partial charge in [0.1, 0.15) is 5.60 Å². The van der Waals surface area contributed by atoms with E-state index in [-0.39, 0.29) is 0 Å². The van der Waals surface area contributed by atoms with E-state index < -0.39 is 11.7 Å². The topological polar surface area (TPSA) is 56.8 Å². The van der Waals surface area contributed by atoms with E-state index in [1.54, 1.807) is 7.11 Å². The summed E-state index contributed by atoms with van der Waals surface area (Å²) in [6.07, 6.45) is 0.261. The number of hydrogen-bond acceptors (Lipinski definition) is 4. The maximum absolute atomic E-state index is 11.4. The molecule has 0 unspecified atom stereocenters. The molecule has 118 valence electrons. The predicted octanol–water partition coefficient (Wildman–Crippen LogP) is 3.75. The van der Waals surface area contributed by atoms with Crippen LogP contribution in [0.25, 0.3) is 0 Å². The van der Waals surface area contributed by atoms with Gasteiger partial charge in [0.2, 0.25) is 0 Å². The summed E-state index contributed by atoms with van der Waals surface area (Å²) in [5.41, 5.74) is -0.482. The number of carbonyl (C=O) groups excluding carboxylic acids is 1. The lowest BCUT2D eigenvalue weighted by molar-refractivity contribution is 0.0525. The zero-order valence-electron chi connectivity index (χ0n) is 12.9. The van der Waals surface area contributed by atoms with E-state index >= 15 is 0 Å². The lowest BCUT2D eigenvalue weighted by Crippen LogP contribution is -2.33. The van der Waals surface area contributed by atoms with Crippen molar-refractivity contribution < 1.29 is 19.0 Å². The van der Waals surface area contributed by atoms with Gasteiger partial charge in [0.15, 0.2) is 11.5 Å². The number of nitrogens with one attached hydrogen (secondary N) is 1. The number of halogens is 1. The van der Waals surface area contributed by atoms with Gasteiger partial charge in [-0.05, 0) is 45.4 Å². The highest BCUT2D eigenvalue weighted by atomic mass is 79.9. The van der Waals surface area contributed by atoms with Crippen molar-refractivity contribution in [1.29, 1.82) is 0 Å². The Hall–Kier alpha value is -1.43. The van der Waals surface area contributed by atoms with Gasteiger partial charge < -0.3 is 19.5 Å². The first-order valence-corrected chi connectivity index (χ1v) is 7.54. The first kappa shape index (κ1) is 17.6. The smallest absolute Gasteiger partial charge is 0.407 e. The summed E-state index contributed by atoms with van der Waals surface area (Å²) in [4.78, 5) is 11.4. The van der Waals surface area contributed by atoms with E-state index in [2.05, 4.69) is 21.2 Å². The minimum atomic E-state index is -0.482. The van der Waals surface area contributed by atoms with Crippen molar-refractivity contribution in [2.75, 3.05) is 20.3 Å². The van der Waals surface area contributed by atoms with Crippen LogP contribution >= 0.6 is 15.9 Å². The maximum Gasteiger partial charge on any atom is 0.407 e. The number of rotatable bonds is 6. The van der Waals surface area contributed by atoms with Crippen molar-refractivity contribution in [2.24, 2.45) is 0 Å². The number of benzene rings is 1. The summed E-state index contributed by atoms with van der Waals surface area (Å²) < 4.78 is 16.9. The van der Waals surface area contributed by atoms with Crippen LogP contribution in [0.5, 0.6) is 11.5 Å². The largest absolute Gasteiger partial charge is 0.493 e. The molecule has 0 saturated heterocycles. The van der Waals surface area contributed by atoms with Crippen LogP contribution in [0.1, 0.15) is 27.2 Å². The molecule has 0 aromatic heterocycles. The third-order valence-corrected chi connectivity index (χ3v) is 2.87. The predicted molar refractivity (Wildman–Crippen MR) is 85.0 cm³/mol. The highest BCUT2D eigenvalue weighted by molar-refractivity contribution is 9.10. The molecule has 0 fully saturated rings. The molecule has 1 aromatic rings. The third-order valence-electron chi connectivity index (χ3n) is 2.37. The van der Waals surface area contributed by atoms with Crippen LogP contribution in [0.15, 0.2) is 22.7 Å². The second-order valence-electron chi connectivity index (χ2n) is 5.43. The van der Waals surface area contributed by atoms with Crippen LogP contribution in [-0.4, -0.2) is 32.0 Å². The van der Waals surface area contributed by atoms with E-state index in [9.17, 15) is 4.79 Å². The molecule has 1 amide bonds. The summed E-state index contributed by atoms with van der Waals surface area (Å²) in [6.45, 7) is 6.45. The second kappa shape index (κ2) is 8.12. The Morgan fingerprint density at radius 3 is 2.62 bits per heavy atom.